The summed E-state index contributed by atoms with van der Waals surface area (Å²) in [6.07, 6.45) is 1.48. The topological polar surface area (TPSA) is 105 Å². The third-order valence-electron chi connectivity index (χ3n) is 2.20. The Morgan fingerprint density at radius 2 is 2.16 bits per heavy atom. The molecule has 0 saturated carbocycles. The molecule has 0 unspecified atom stereocenters. The van der Waals surface area contributed by atoms with Gasteiger partial charge >= 0.3 is 5.69 Å². The van der Waals surface area contributed by atoms with Gasteiger partial charge in [-0.25, -0.2) is 9.97 Å². The number of nitro groups is 1. The van der Waals surface area contributed by atoms with Crippen LogP contribution in [0, 0.1) is 21.4 Å². The largest absolute Gasteiger partial charge is 0.318 e. The summed E-state index contributed by atoms with van der Waals surface area (Å²) in [4.78, 5) is 18.3. The maximum atomic E-state index is 10.9. The van der Waals surface area contributed by atoms with E-state index in [1.807, 2.05) is 6.07 Å². The van der Waals surface area contributed by atoms with E-state index in [4.69, 9.17) is 5.26 Å². The zero-order chi connectivity index (χ0) is 13.8. The van der Waals surface area contributed by atoms with Gasteiger partial charge in [0.05, 0.1) is 10.5 Å². The number of nitrogens with one attached hydrogen (secondary N) is 1. The van der Waals surface area contributed by atoms with Crippen LogP contribution in [0.25, 0.3) is 0 Å². The van der Waals surface area contributed by atoms with Gasteiger partial charge in [0.25, 0.3) is 0 Å². The number of anilines is 2. The first kappa shape index (κ1) is 12.9. The van der Waals surface area contributed by atoms with Crippen molar-refractivity contribution in [1.29, 1.82) is 5.26 Å². The summed E-state index contributed by atoms with van der Waals surface area (Å²) in [6, 6.07) is 7.88. The number of rotatable bonds is 3. The molecule has 0 bridgehead atoms. The average Bonchev–Trinajstić information content (AvgIpc) is 2.39. The van der Waals surface area contributed by atoms with Crippen LogP contribution in [0.5, 0.6) is 0 Å². The SMILES string of the molecule is N#Cc1cccnc1Nc1nc(Br)ccc1[N+](=O)[O-]. The first-order valence-electron chi connectivity index (χ1n) is 5.05. The predicted octanol–water partition coefficient (Wildman–Crippen LogP) is 2.76. The molecule has 0 aliphatic rings. The Labute approximate surface area is 116 Å². The molecule has 0 amide bonds. The number of hydrogen-bond donors (Lipinski definition) is 1. The van der Waals surface area contributed by atoms with Gasteiger partial charge in [0.1, 0.15) is 16.5 Å². The lowest BCUT2D eigenvalue weighted by molar-refractivity contribution is -0.384. The lowest BCUT2D eigenvalue weighted by Gasteiger charge is -2.06. The van der Waals surface area contributed by atoms with Crippen molar-refractivity contribution >= 4 is 33.3 Å². The highest BCUT2D eigenvalue weighted by Gasteiger charge is 2.17. The van der Waals surface area contributed by atoms with Crippen LogP contribution in [0.4, 0.5) is 17.3 Å². The van der Waals surface area contributed by atoms with E-state index in [0.29, 0.717) is 4.60 Å². The molecular formula is C11H6BrN5O2. The Balaban J connectivity index is 2.46. The Hall–Kier alpha value is -2.53. The molecule has 0 aliphatic heterocycles. The average molecular weight is 320 g/mol. The summed E-state index contributed by atoms with van der Waals surface area (Å²) < 4.78 is 0.440. The van der Waals surface area contributed by atoms with Gasteiger partial charge < -0.3 is 5.32 Å². The third kappa shape index (κ3) is 2.83. The molecule has 0 fully saturated rings. The van der Waals surface area contributed by atoms with Crippen molar-refractivity contribution < 1.29 is 4.92 Å². The number of pyridine rings is 2. The zero-order valence-electron chi connectivity index (χ0n) is 9.37. The summed E-state index contributed by atoms with van der Waals surface area (Å²) in [5.74, 6) is 0.244. The summed E-state index contributed by atoms with van der Waals surface area (Å²) in [5, 5.41) is 22.5. The number of halogens is 1. The first-order valence-corrected chi connectivity index (χ1v) is 5.84. The van der Waals surface area contributed by atoms with Gasteiger partial charge in [-0.3, -0.25) is 10.1 Å². The van der Waals surface area contributed by atoms with Crippen LogP contribution in [-0.4, -0.2) is 14.9 Å². The molecule has 19 heavy (non-hydrogen) atoms. The van der Waals surface area contributed by atoms with Gasteiger partial charge in [0, 0.05) is 12.3 Å². The number of nitriles is 1. The molecule has 94 valence electrons. The minimum atomic E-state index is -0.559. The number of hydrogen-bond acceptors (Lipinski definition) is 6. The molecule has 2 aromatic heterocycles. The highest BCUT2D eigenvalue weighted by Crippen LogP contribution is 2.27. The second-order valence-corrected chi connectivity index (χ2v) is 4.21. The van der Waals surface area contributed by atoms with Crippen molar-refractivity contribution in [3.05, 3.63) is 50.7 Å². The second kappa shape index (κ2) is 5.41. The van der Waals surface area contributed by atoms with Crippen molar-refractivity contribution in [2.45, 2.75) is 0 Å². The minimum absolute atomic E-state index is 0.0228. The van der Waals surface area contributed by atoms with Gasteiger partial charge in [-0.1, -0.05) is 0 Å². The van der Waals surface area contributed by atoms with Gasteiger partial charge in [-0.05, 0) is 34.1 Å². The van der Waals surface area contributed by atoms with E-state index in [2.05, 4.69) is 31.2 Å². The van der Waals surface area contributed by atoms with E-state index in [1.165, 1.54) is 18.3 Å². The van der Waals surface area contributed by atoms with E-state index in [0.717, 1.165) is 0 Å². The lowest BCUT2D eigenvalue weighted by Crippen LogP contribution is -2.02. The highest BCUT2D eigenvalue weighted by molar-refractivity contribution is 9.10. The fourth-order valence-corrected chi connectivity index (χ4v) is 1.68. The Kier molecular flexibility index (Phi) is 3.68. The molecule has 0 spiro atoms. The monoisotopic (exact) mass is 319 g/mol. The summed E-state index contributed by atoms with van der Waals surface area (Å²) >= 11 is 3.14. The molecule has 8 heteroatoms. The summed E-state index contributed by atoms with van der Waals surface area (Å²) in [6.45, 7) is 0. The standard InChI is InChI=1S/C11H6BrN5O2/c12-9-4-3-8(17(18)19)11(15-9)16-10-7(6-13)2-1-5-14-10/h1-5H,(H,14,15,16). The van der Waals surface area contributed by atoms with E-state index in [1.54, 1.807) is 12.1 Å². The Bertz CT molecular complexity index is 683. The maximum absolute atomic E-state index is 10.9. The molecule has 0 atom stereocenters. The summed E-state index contributed by atoms with van der Waals surface area (Å²) in [5.41, 5.74) is 0.0799. The van der Waals surface area contributed by atoms with Crippen LogP contribution in [0.3, 0.4) is 0 Å². The van der Waals surface area contributed by atoms with Gasteiger partial charge in [-0.2, -0.15) is 5.26 Å². The lowest BCUT2D eigenvalue weighted by atomic mass is 10.3. The van der Waals surface area contributed by atoms with Crippen molar-refractivity contribution in [3.8, 4) is 6.07 Å². The molecule has 2 aromatic rings. The predicted molar refractivity (Wildman–Crippen MR) is 70.8 cm³/mol. The molecule has 2 heterocycles. The molecule has 7 nitrogen and oxygen atoms in total. The van der Waals surface area contributed by atoms with Crippen molar-refractivity contribution in [1.82, 2.24) is 9.97 Å². The second-order valence-electron chi connectivity index (χ2n) is 3.40. The number of nitrogens with zero attached hydrogens (tertiary/aromatic N) is 4. The molecule has 1 N–H and O–H groups in total. The van der Waals surface area contributed by atoms with Crippen LogP contribution >= 0.6 is 15.9 Å². The minimum Gasteiger partial charge on any atom is -0.318 e. The van der Waals surface area contributed by atoms with Gasteiger partial charge in [0.15, 0.2) is 0 Å². The zero-order valence-corrected chi connectivity index (χ0v) is 11.0. The smallest absolute Gasteiger partial charge is 0.311 e. The van der Waals surface area contributed by atoms with Crippen LogP contribution < -0.4 is 5.32 Å². The number of aromatic nitrogens is 2. The molecule has 0 saturated heterocycles. The van der Waals surface area contributed by atoms with Gasteiger partial charge in [0.2, 0.25) is 5.82 Å². The third-order valence-corrected chi connectivity index (χ3v) is 2.64. The fourth-order valence-electron chi connectivity index (χ4n) is 1.37. The van der Waals surface area contributed by atoms with Crippen LogP contribution in [0.15, 0.2) is 35.1 Å². The first-order chi connectivity index (χ1) is 9.11. The molecule has 2 rings (SSSR count). The molecule has 0 aromatic carbocycles. The Morgan fingerprint density at radius 1 is 1.37 bits per heavy atom. The van der Waals surface area contributed by atoms with E-state index >= 15 is 0 Å². The Morgan fingerprint density at radius 3 is 2.84 bits per heavy atom. The van der Waals surface area contributed by atoms with E-state index < -0.39 is 4.92 Å². The fraction of sp³-hybridized carbons (Fsp3) is 0. The van der Waals surface area contributed by atoms with Crippen molar-refractivity contribution in [2.24, 2.45) is 0 Å². The highest BCUT2D eigenvalue weighted by atomic mass is 79.9. The molecular weight excluding hydrogens is 314 g/mol. The van der Waals surface area contributed by atoms with E-state index in [-0.39, 0.29) is 22.9 Å². The van der Waals surface area contributed by atoms with Crippen LogP contribution in [0.2, 0.25) is 0 Å². The molecule has 0 radical (unpaired) electrons. The van der Waals surface area contributed by atoms with E-state index in [9.17, 15) is 10.1 Å². The quantitative estimate of drug-likeness (QED) is 0.529. The van der Waals surface area contributed by atoms with Gasteiger partial charge in [-0.15, -0.1) is 0 Å². The normalized spacial score (nSPS) is 9.68. The van der Waals surface area contributed by atoms with Crippen LogP contribution in [-0.2, 0) is 0 Å². The molecule has 0 aliphatic carbocycles. The van der Waals surface area contributed by atoms with Crippen molar-refractivity contribution in [3.63, 3.8) is 0 Å². The maximum Gasteiger partial charge on any atom is 0.311 e. The van der Waals surface area contributed by atoms with Crippen molar-refractivity contribution in [2.75, 3.05) is 5.32 Å². The summed E-state index contributed by atoms with van der Waals surface area (Å²) in [7, 11) is 0. The van der Waals surface area contributed by atoms with Crippen LogP contribution in [0.1, 0.15) is 5.56 Å².